The zero-order valence-electron chi connectivity index (χ0n) is 12.6. The van der Waals surface area contributed by atoms with E-state index in [0.717, 1.165) is 11.1 Å². The molecule has 0 N–H and O–H groups in total. The monoisotopic (exact) mass is 314 g/mol. The topological polar surface area (TPSA) is 51.2 Å². The van der Waals surface area contributed by atoms with Gasteiger partial charge in [-0.1, -0.05) is 42.5 Å². The molecule has 0 aromatic heterocycles. The molecule has 3 nitrogen and oxygen atoms in total. The molecule has 0 unspecified atom stereocenters. The molecule has 2 rings (SSSR count). The van der Waals surface area contributed by atoms with Crippen LogP contribution in [0.3, 0.4) is 0 Å². The van der Waals surface area contributed by atoms with Crippen LogP contribution in [0.4, 0.5) is 0 Å². The van der Waals surface area contributed by atoms with Crippen molar-refractivity contribution in [2.24, 2.45) is 0 Å². The summed E-state index contributed by atoms with van der Waals surface area (Å²) in [5, 5.41) is 0. The maximum atomic E-state index is 12.4. The third kappa shape index (κ3) is 3.92. The molecule has 0 heterocycles. The Kier molecular flexibility index (Phi) is 4.93. The number of sulfone groups is 1. The summed E-state index contributed by atoms with van der Waals surface area (Å²) in [6.07, 6.45) is 1.66. The summed E-state index contributed by atoms with van der Waals surface area (Å²) in [4.78, 5) is 12.1. The largest absolute Gasteiger partial charge is 0.295 e. The van der Waals surface area contributed by atoms with Gasteiger partial charge in [-0.05, 0) is 43.2 Å². The van der Waals surface area contributed by atoms with E-state index in [0.29, 0.717) is 0 Å². The van der Waals surface area contributed by atoms with Crippen LogP contribution in [0.5, 0.6) is 0 Å². The van der Waals surface area contributed by atoms with E-state index in [1.165, 1.54) is 6.92 Å². The molecule has 2 aromatic carbocycles. The number of aryl methyl sites for hydroxylation is 1. The number of carbonyl (C=O) groups excluding carboxylic acids is 1. The number of rotatable bonds is 5. The number of hydrogen-bond donors (Lipinski definition) is 0. The highest BCUT2D eigenvalue weighted by molar-refractivity contribution is 7.91. The third-order valence-corrected chi connectivity index (χ3v) is 5.10. The molecule has 0 radical (unpaired) electrons. The van der Waals surface area contributed by atoms with Gasteiger partial charge in [-0.3, -0.25) is 4.79 Å². The molecule has 0 saturated heterocycles. The van der Waals surface area contributed by atoms with Gasteiger partial charge in [0.05, 0.1) is 10.6 Å². The van der Waals surface area contributed by atoms with Crippen LogP contribution in [0.2, 0.25) is 0 Å². The fourth-order valence-electron chi connectivity index (χ4n) is 2.10. The van der Waals surface area contributed by atoms with E-state index in [9.17, 15) is 13.2 Å². The standard InChI is InChI=1S/C18H18O3S/c1-14-8-6-7-9-16(14)12-17(15(2)19)13-22(20,21)18-10-4-3-5-11-18/h3-12H,13H2,1-2H3/b17-12+. The highest BCUT2D eigenvalue weighted by Crippen LogP contribution is 2.18. The fourth-order valence-corrected chi connectivity index (χ4v) is 3.53. The Morgan fingerprint density at radius 3 is 2.18 bits per heavy atom. The predicted molar refractivity (Wildman–Crippen MR) is 88.3 cm³/mol. The van der Waals surface area contributed by atoms with Gasteiger partial charge in [-0.25, -0.2) is 8.42 Å². The molecule has 0 saturated carbocycles. The van der Waals surface area contributed by atoms with E-state index in [1.807, 2.05) is 31.2 Å². The molecule has 2 aromatic rings. The van der Waals surface area contributed by atoms with Crippen LogP contribution in [0.15, 0.2) is 65.1 Å². The van der Waals surface area contributed by atoms with Gasteiger partial charge in [0.15, 0.2) is 15.6 Å². The van der Waals surface area contributed by atoms with Crippen LogP contribution in [-0.4, -0.2) is 20.0 Å². The maximum Gasteiger partial charge on any atom is 0.182 e. The summed E-state index contributed by atoms with van der Waals surface area (Å²) in [5.74, 6) is -0.525. The Labute approximate surface area is 131 Å². The normalized spacial score (nSPS) is 12.2. The van der Waals surface area contributed by atoms with Crippen LogP contribution in [-0.2, 0) is 14.6 Å². The second kappa shape index (κ2) is 6.71. The SMILES string of the molecule is CC(=O)/C(=C/c1ccccc1C)CS(=O)(=O)c1ccccc1. The van der Waals surface area contributed by atoms with Crippen LogP contribution < -0.4 is 0 Å². The summed E-state index contributed by atoms with van der Waals surface area (Å²) in [5.41, 5.74) is 2.15. The molecule has 22 heavy (non-hydrogen) atoms. The van der Waals surface area contributed by atoms with Crippen molar-refractivity contribution < 1.29 is 13.2 Å². The van der Waals surface area contributed by atoms with Crippen molar-refractivity contribution in [3.05, 3.63) is 71.3 Å². The summed E-state index contributed by atoms with van der Waals surface area (Å²) in [7, 11) is -3.53. The second-order valence-corrected chi connectivity index (χ2v) is 7.14. The first-order valence-corrected chi connectivity index (χ1v) is 8.60. The average Bonchev–Trinajstić information content (AvgIpc) is 2.49. The Bertz CT molecular complexity index is 803. The van der Waals surface area contributed by atoms with Crippen molar-refractivity contribution in [1.29, 1.82) is 0 Å². The minimum absolute atomic E-state index is 0.229. The van der Waals surface area contributed by atoms with Gasteiger partial charge in [0.2, 0.25) is 0 Å². The molecule has 0 fully saturated rings. The Hall–Kier alpha value is -2.20. The molecule has 0 amide bonds. The first-order chi connectivity index (χ1) is 10.4. The van der Waals surface area contributed by atoms with Gasteiger partial charge >= 0.3 is 0 Å². The lowest BCUT2D eigenvalue weighted by atomic mass is 10.0. The van der Waals surface area contributed by atoms with E-state index in [-0.39, 0.29) is 22.0 Å². The summed E-state index contributed by atoms with van der Waals surface area (Å²) in [6.45, 7) is 3.32. The third-order valence-electron chi connectivity index (χ3n) is 3.42. The number of hydrogen-bond acceptors (Lipinski definition) is 3. The summed E-state index contributed by atoms with van der Waals surface area (Å²) >= 11 is 0. The van der Waals surface area contributed by atoms with E-state index in [4.69, 9.17) is 0 Å². The molecular formula is C18H18O3S. The summed E-state index contributed by atoms with van der Waals surface area (Å²) < 4.78 is 24.9. The van der Waals surface area contributed by atoms with Crippen molar-refractivity contribution in [2.75, 3.05) is 5.75 Å². The lowest BCUT2D eigenvalue weighted by Crippen LogP contribution is -2.13. The van der Waals surface area contributed by atoms with Gasteiger partial charge in [0, 0.05) is 5.57 Å². The Morgan fingerprint density at radius 1 is 1.00 bits per heavy atom. The number of benzene rings is 2. The van der Waals surface area contributed by atoms with Crippen molar-refractivity contribution in [3.8, 4) is 0 Å². The number of Topliss-reactive ketones (excluding diaryl/α,β-unsaturated/α-hetero) is 1. The Balaban J connectivity index is 2.39. The molecule has 0 aliphatic rings. The quantitative estimate of drug-likeness (QED) is 0.794. The fraction of sp³-hybridized carbons (Fsp3) is 0.167. The number of carbonyl (C=O) groups is 1. The first-order valence-electron chi connectivity index (χ1n) is 6.95. The van der Waals surface area contributed by atoms with E-state index in [1.54, 1.807) is 36.4 Å². The van der Waals surface area contributed by atoms with Crippen molar-refractivity contribution >= 4 is 21.7 Å². The van der Waals surface area contributed by atoms with Crippen LogP contribution in [0.25, 0.3) is 6.08 Å². The van der Waals surface area contributed by atoms with Crippen LogP contribution >= 0.6 is 0 Å². The lowest BCUT2D eigenvalue weighted by Gasteiger charge is -2.08. The minimum Gasteiger partial charge on any atom is -0.295 e. The predicted octanol–water partition coefficient (Wildman–Crippen LogP) is 3.44. The first kappa shape index (κ1) is 16.2. The highest BCUT2D eigenvalue weighted by atomic mass is 32.2. The molecule has 0 atom stereocenters. The minimum atomic E-state index is -3.53. The molecule has 0 spiro atoms. The molecule has 114 valence electrons. The molecule has 0 bridgehead atoms. The van der Waals surface area contributed by atoms with Gasteiger partial charge in [-0.15, -0.1) is 0 Å². The Morgan fingerprint density at radius 2 is 1.59 bits per heavy atom. The zero-order chi connectivity index (χ0) is 16.2. The van der Waals surface area contributed by atoms with E-state index >= 15 is 0 Å². The zero-order valence-corrected chi connectivity index (χ0v) is 13.4. The van der Waals surface area contributed by atoms with Gasteiger partial charge in [-0.2, -0.15) is 0 Å². The smallest absolute Gasteiger partial charge is 0.182 e. The van der Waals surface area contributed by atoms with Gasteiger partial charge in [0.25, 0.3) is 0 Å². The van der Waals surface area contributed by atoms with Crippen molar-refractivity contribution in [2.45, 2.75) is 18.7 Å². The van der Waals surface area contributed by atoms with Crippen molar-refractivity contribution in [3.63, 3.8) is 0 Å². The number of ketones is 1. The van der Waals surface area contributed by atoms with Gasteiger partial charge in [0.1, 0.15) is 0 Å². The van der Waals surface area contributed by atoms with E-state index < -0.39 is 9.84 Å². The van der Waals surface area contributed by atoms with Crippen LogP contribution in [0, 0.1) is 6.92 Å². The maximum absolute atomic E-state index is 12.4. The lowest BCUT2D eigenvalue weighted by molar-refractivity contribution is -0.113. The molecular weight excluding hydrogens is 296 g/mol. The summed E-state index contributed by atoms with van der Waals surface area (Å²) in [6, 6.07) is 15.7. The highest BCUT2D eigenvalue weighted by Gasteiger charge is 2.19. The molecule has 4 heteroatoms. The van der Waals surface area contributed by atoms with E-state index in [2.05, 4.69) is 0 Å². The molecule has 0 aliphatic carbocycles. The molecule has 0 aliphatic heterocycles. The van der Waals surface area contributed by atoms with Crippen molar-refractivity contribution in [1.82, 2.24) is 0 Å². The average molecular weight is 314 g/mol. The van der Waals surface area contributed by atoms with Gasteiger partial charge < -0.3 is 0 Å². The van der Waals surface area contributed by atoms with Crippen LogP contribution in [0.1, 0.15) is 18.1 Å². The second-order valence-electron chi connectivity index (χ2n) is 5.15.